The zero-order valence-corrected chi connectivity index (χ0v) is 22.8. The van der Waals surface area contributed by atoms with Crippen LogP contribution in [0.2, 0.25) is 5.04 Å². The average molecular weight is 479 g/mol. The Morgan fingerprint density at radius 3 is 1.88 bits per heavy atom. The van der Waals surface area contributed by atoms with E-state index in [2.05, 4.69) is 94.9 Å². The first-order valence-corrected chi connectivity index (χ1v) is 14.2. The van der Waals surface area contributed by atoms with E-state index in [0.29, 0.717) is 13.0 Å². The molecule has 2 aromatic carbocycles. The zero-order chi connectivity index (χ0) is 25.4. The highest BCUT2D eigenvalue weighted by atomic mass is 28.4. The van der Waals surface area contributed by atoms with Gasteiger partial charge in [0.05, 0.1) is 0 Å². The number of Topliss-reactive ketones (excluding diaryl/α,β-unsaturated/α-hetero) is 1. The lowest BCUT2D eigenvalue weighted by atomic mass is 9.82. The lowest BCUT2D eigenvalue weighted by molar-refractivity contribution is -0.126. The summed E-state index contributed by atoms with van der Waals surface area (Å²) in [5, 5.41) is 2.48. The summed E-state index contributed by atoms with van der Waals surface area (Å²) in [6.07, 6.45) is 4.28. The van der Waals surface area contributed by atoms with Crippen LogP contribution in [-0.2, 0) is 14.0 Å². The van der Waals surface area contributed by atoms with Gasteiger partial charge in [-0.15, -0.1) is 6.58 Å². The van der Waals surface area contributed by atoms with Gasteiger partial charge in [-0.1, -0.05) is 108 Å². The van der Waals surface area contributed by atoms with Crippen LogP contribution in [0.5, 0.6) is 0 Å². The van der Waals surface area contributed by atoms with E-state index >= 15 is 0 Å². The van der Waals surface area contributed by atoms with Crippen molar-refractivity contribution in [2.45, 2.75) is 65.8 Å². The van der Waals surface area contributed by atoms with Crippen LogP contribution in [0.3, 0.4) is 0 Å². The molecule has 0 spiro atoms. The Labute approximate surface area is 207 Å². The number of aldehydes is 1. The summed E-state index contributed by atoms with van der Waals surface area (Å²) in [6.45, 7) is 17.2. The van der Waals surface area contributed by atoms with Crippen LogP contribution in [-0.4, -0.2) is 27.0 Å². The summed E-state index contributed by atoms with van der Waals surface area (Å²) in [4.78, 5) is 23.8. The van der Waals surface area contributed by atoms with Crippen molar-refractivity contribution in [1.29, 1.82) is 0 Å². The van der Waals surface area contributed by atoms with Crippen LogP contribution in [0.1, 0.15) is 60.8 Å². The summed E-state index contributed by atoms with van der Waals surface area (Å²) in [5.74, 6) is 0.429. The molecule has 0 amide bonds. The van der Waals surface area contributed by atoms with Gasteiger partial charge in [-0.25, -0.2) is 0 Å². The third-order valence-electron chi connectivity index (χ3n) is 6.78. The van der Waals surface area contributed by atoms with Crippen LogP contribution in [0.25, 0.3) is 0 Å². The number of hydrogen-bond donors (Lipinski definition) is 0. The molecule has 0 aromatic heterocycles. The molecule has 0 unspecified atom stereocenters. The molecule has 0 bridgehead atoms. The molecule has 0 aliphatic heterocycles. The van der Waals surface area contributed by atoms with E-state index in [-0.39, 0.29) is 29.1 Å². The molecule has 0 fully saturated rings. The second kappa shape index (κ2) is 11.9. The second-order valence-corrected chi connectivity index (χ2v) is 15.5. The van der Waals surface area contributed by atoms with Crippen LogP contribution in [0, 0.1) is 17.3 Å². The number of ketones is 1. The third kappa shape index (κ3) is 6.86. The lowest BCUT2D eigenvalue weighted by Crippen LogP contribution is -2.66. The van der Waals surface area contributed by atoms with E-state index in [1.165, 1.54) is 10.4 Å². The van der Waals surface area contributed by atoms with Crippen molar-refractivity contribution < 1.29 is 14.0 Å². The third-order valence-corrected chi connectivity index (χ3v) is 11.8. The fraction of sp³-hybridized carbons (Fsp3) is 0.467. The highest BCUT2D eigenvalue weighted by Crippen LogP contribution is 2.37. The van der Waals surface area contributed by atoms with Crippen molar-refractivity contribution in [3.63, 3.8) is 0 Å². The Hall–Kier alpha value is -2.30. The fourth-order valence-electron chi connectivity index (χ4n) is 4.78. The molecule has 0 aliphatic carbocycles. The Balaban J connectivity index is 2.22. The summed E-state index contributed by atoms with van der Waals surface area (Å²) in [6, 6.07) is 21.3. The predicted octanol–water partition coefficient (Wildman–Crippen LogP) is 5.97. The van der Waals surface area contributed by atoms with E-state index in [1.54, 1.807) is 0 Å². The smallest absolute Gasteiger partial charge is 0.261 e. The number of carbonyl (C=O) groups is 2. The molecule has 0 aliphatic rings. The van der Waals surface area contributed by atoms with Crippen molar-refractivity contribution >= 4 is 30.8 Å². The van der Waals surface area contributed by atoms with Crippen molar-refractivity contribution in [2.75, 3.05) is 6.61 Å². The second-order valence-electron chi connectivity index (χ2n) is 11.2. The first kappa shape index (κ1) is 27.9. The molecule has 0 N–H and O–H groups in total. The summed E-state index contributed by atoms with van der Waals surface area (Å²) < 4.78 is 7.01. The fourth-order valence-corrected chi connectivity index (χ4v) is 9.35. The average Bonchev–Trinajstić information content (AvgIpc) is 2.80. The summed E-state index contributed by atoms with van der Waals surface area (Å²) in [7, 11) is -2.56. The molecule has 184 valence electrons. The first-order valence-electron chi connectivity index (χ1n) is 12.3. The van der Waals surface area contributed by atoms with Gasteiger partial charge in [-0.3, -0.25) is 4.79 Å². The van der Waals surface area contributed by atoms with Crippen molar-refractivity contribution in [3.05, 3.63) is 73.3 Å². The molecule has 2 aromatic rings. The SMILES string of the molecule is C=C[C@H](CC(=O)CC(C)(C)C=O)[C@H](C)CCO[Si](c1ccccc1)(c1ccccc1)C(C)(C)C. The van der Waals surface area contributed by atoms with E-state index in [4.69, 9.17) is 4.43 Å². The first-order chi connectivity index (χ1) is 16.0. The van der Waals surface area contributed by atoms with Gasteiger partial charge in [0.25, 0.3) is 8.32 Å². The normalized spacial score (nSPS) is 14.3. The van der Waals surface area contributed by atoms with Crippen LogP contribution in [0.15, 0.2) is 73.3 Å². The van der Waals surface area contributed by atoms with Crippen LogP contribution >= 0.6 is 0 Å². The van der Waals surface area contributed by atoms with Gasteiger partial charge >= 0.3 is 0 Å². The Morgan fingerprint density at radius 2 is 1.47 bits per heavy atom. The predicted molar refractivity (Wildman–Crippen MR) is 145 cm³/mol. The van der Waals surface area contributed by atoms with Crippen molar-refractivity contribution in [2.24, 2.45) is 17.3 Å². The van der Waals surface area contributed by atoms with E-state index in [0.717, 1.165) is 12.7 Å². The summed E-state index contributed by atoms with van der Waals surface area (Å²) >= 11 is 0. The molecular formula is C30H42O3Si. The molecule has 0 saturated heterocycles. The minimum atomic E-state index is -2.56. The molecule has 0 heterocycles. The van der Waals surface area contributed by atoms with E-state index < -0.39 is 13.7 Å². The lowest BCUT2D eigenvalue weighted by Gasteiger charge is -2.43. The molecular weight excluding hydrogens is 436 g/mol. The van der Waals surface area contributed by atoms with Crippen LogP contribution < -0.4 is 10.4 Å². The Kier molecular flexibility index (Phi) is 9.78. The maximum Gasteiger partial charge on any atom is 0.261 e. The molecule has 2 atom stereocenters. The molecule has 2 rings (SSSR count). The largest absolute Gasteiger partial charge is 0.407 e. The highest BCUT2D eigenvalue weighted by Gasteiger charge is 2.50. The van der Waals surface area contributed by atoms with Gasteiger partial charge in [0.2, 0.25) is 0 Å². The maximum atomic E-state index is 12.6. The minimum Gasteiger partial charge on any atom is -0.407 e. The van der Waals surface area contributed by atoms with Crippen molar-refractivity contribution in [1.82, 2.24) is 0 Å². The van der Waals surface area contributed by atoms with Crippen molar-refractivity contribution in [3.8, 4) is 0 Å². The topological polar surface area (TPSA) is 43.4 Å². The maximum absolute atomic E-state index is 12.6. The Bertz CT molecular complexity index is 889. The molecule has 4 heteroatoms. The molecule has 34 heavy (non-hydrogen) atoms. The quantitative estimate of drug-likeness (QED) is 0.202. The van der Waals surface area contributed by atoms with E-state index in [9.17, 15) is 9.59 Å². The number of allylic oxidation sites excluding steroid dienone is 1. The number of hydrogen-bond acceptors (Lipinski definition) is 3. The van der Waals surface area contributed by atoms with Gasteiger partial charge in [-0.05, 0) is 33.7 Å². The minimum absolute atomic E-state index is 0.0623. The van der Waals surface area contributed by atoms with Crippen LogP contribution in [0.4, 0.5) is 0 Å². The number of carbonyl (C=O) groups excluding carboxylic acids is 2. The van der Waals surface area contributed by atoms with Gasteiger partial charge in [-0.2, -0.15) is 0 Å². The van der Waals surface area contributed by atoms with Gasteiger partial charge in [0, 0.05) is 24.9 Å². The van der Waals surface area contributed by atoms with E-state index in [1.807, 2.05) is 19.9 Å². The highest BCUT2D eigenvalue weighted by molar-refractivity contribution is 6.99. The standard InChI is InChI=1S/C30H42O3Si/c1-8-25(21-26(32)22-30(6,7)23-31)24(2)19-20-33-34(29(3,4)5,27-15-11-9-12-16-27)28-17-13-10-14-18-28/h8-18,23-25H,1,19-22H2,2-7H3/t24-,25-/m1/s1. The number of benzene rings is 2. The number of rotatable bonds is 13. The Morgan fingerprint density at radius 1 is 0.971 bits per heavy atom. The van der Waals surface area contributed by atoms with Gasteiger partial charge < -0.3 is 9.22 Å². The monoisotopic (exact) mass is 478 g/mol. The van der Waals surface area contributed by atoms with Gasteiger partial charge in [0.15, 0.2) is 0 Å². The molecule has 3 nitrogen and oxygen atoms in total. The molecule has 0 radical (unpaired) electrons. The summed E-state index contributed by atoms with van der Waals surface area (Å²) in [5.41, 5.74) is -0.613. The molecule has 0 saturated carbocycles. The zero-order valence-electron chi connectivity index (χ0n) is 21.8. The van der Waals surface area contributed by atoms with Gasteiger partial charge in [0.1, 0.15) is 12.1 Å².